The van der Waals surface area contributed by atoms with Crippen molar-refractivity contribution in [2.75, 3.05) is 13.7 Å². The molecule has 1 aromatic carbocycles. The maximum Gasteiger partial charge on any atom is 0.424 e. The Hall–Kier alpha value is -4.16. The molecule has 0 bridgehead atoms. The summed E-state index contributed by atoms with van der Waals surface area (Å²) in [7, 11) is 1.39. The summed E-state index contributed by atoms with van der Waals surface area (Å²) in [6.45, 7) is 5.57. The van der Waals surface area contributed by atoms with Crippen LogP contribution in [0, 0.1) is 0 Å². The molecule has 1 fully saturated rings. The van der Waals surface area contributed by atoms with E-state index in [-0.39, 0.29) is 34.4 Å². The third-order valence-electron chi connectivity index (χ3n) is 7.21. The molecule has 0 saturated heterocycles. The van der Waals surface area contributed by atoms with E-state index in [1.165, 1.54) is 49.7 Å². The van der Waals surface area contributed by atoms with Crippen molar-refractivity contribution in [2.45, 2.75) is 63.0 Å². The third kappa shape index (κ3) is 7.67. The van der Waals surface area contributed by atoms with Crippen LogP contribution in [0.15, 0.2) is 72.9 Å². The van der Waals surface area contributed by atoms with Gasteiger partial charge in [0.2, 0.25) is 5.60 Å². The van der Waals surface area contributed by atoms with E-state index in [0.29, 0.717) is 24.2 Å². The molecule has 5 N–H and O–H groups in total. The quantitative estimate of drug-likeness (QED) is 0.269. The lowest BCUT2D eigenvalue weighted by atomic mass is 9.89. The molecule has 0 spiro atoms. The van der Waals surface area contributed by atoms with Gasteiger partial charge in [-0.1, -0.05) is 18.7 Å². The van der Waals surface area contributed by atoms with E-state index < -0.39 is 41.3 Å². The highest BCUT2D eigenvalue weighted by molar-refractivity contribution is 5.95. The predicted molar refractivity (Wildman–Crippen MR) is 158 cm³/mol. The van der Waals surface area contributed by atoms with Crippen LogP contribution in [0.4, 0.5) is 17.6 Å². The number of amides is 1. The van der Waals surface area contributed by atoms with Gasteiger partial charge in [-0.25, -0.2) is 9.37 Å². The molecule has 236 valence electrons. The summed E-state index contributed by atoms with van der Waals surface area (Å²) in [6.07, 6.45) is 3.21. The summed E-state index contributed by atoms with van der Waals surface area (Å²) in [6, 6.07) is 6.86. The Bertz CT molecular complexity index is 1510. The fourth-order valence-corrected chi connectivity index (χ4v) is 4.30. The second-order valence-corrected chi connectivity index (χ2v) is 11.3. The fourth-order valence-electron chi connectivity index (χ4n) is 4.30. The highest BCUT2D eigenvalue weighted by Gasteiger charge is 2.56. The zero-order valence-electron chi connectivity index (χ0n) is 24.7. The van der Waals surface area contributed by atoms with Crippen LogP contribution >= 0.6 is 0 Å². The summed E-state index contributed by atoms with van der Waals surface area (Å²) in [5.41, 5.74) is 1.51. The average Bonchev–Trinajstić information content (AvgIpc) is 3.79. The third-order valence-corrected chi connectivity index (χ3v) is 7.21. The van der Waals surface area contributed by atoms with E-state index in [1.54, 1.807) is 19.9 Å². The Balaban J connectivity index is 1.69. The summed E-state index contributed by atoms with van der Waals surface area (Å²) in [4.78, 5) is 17.2. The standard InChI is InChI=1S/C32H36F4N4O4/c1-19-24(33)9-7-5-6-8-21(17-38-19)25-15-22(30(2,3)37)16-28(40-25)31(42,32(34,35)36)18-39-29(41)20-10-13-26(27(14-20)43-4)44-23-11-12-23/h5,7,9-10,13-17,23,38,42H,1,6,8,11-12,18,37H2,2-4H3,(H,39,41)/b7-5?,21-17+,24-9+. The number of nitrogens with one attached hydrogen (secondary N) is 2. The normalized spacial score (nSPS) is 19.9. The predicted octanol–water partition coefficient (Wildman–Crippen LogP) is 5.65. The number of pyridine rings is 1. The zero-order valence-corrected chi connectivity index (χ0v) is 24.7. The van der Waals surface area contributed by atoms with Gasteiger partial charge in [-0.3, -0.25) is 4.79 Å². The fraction of sp³-hybridized carbons (Fsp3) is 0.375. The van der Waals surface area contributed by atoms with Gasteiger partial charge in [-0.15, -0.1) is 0 Å². The van der Waals surface area contributed by atoms with Crippen molar-refractivity contribution in [1.82, 2.24) is 15.6 Å². The lowest BCUT2D eigenvalue weighted by Gasteiger charge is -2.32. The van der Waals surface area contributed by atoms with Crippen molar-refractivity contribution in [3.05, 3.63) is 95.4 Å². The highest BCUT2D eigenvalue weighted by atomic mass is 19.4. The number of carbonyl (C=O) groups is 1. The van der Waals surface area contributed by atoms with Crippen molar-refractivity contribution in [2.24, 2.45) is 5.73 Å². The number of alkyl halides is 3. The van der Waals surface area contributed by atoms with Gasteiger partial charge in [0.25, 0.3) is 5.91 Å². The maximum atomic E-state index is 14.7. The SMILES string of the molecule is C=C1N/C=C(/c2cc(C(C)(C)N)cc(C(O)(CNC(=O)c3ccc(OC4CC4)c(OC)c3)C(F)(F)F)n2)CCC=C/C=C\1F. The zero-order chi connectivity index (χ0) is 32.3. The molecular weight excluding hydrogens is 580 g/mol. The number of halogens is 4. The number of ether oxygens (including phenoxy) is 2. The molecule has 1 unspecified atom stereocenters. The van der Waals surface area contributed by atoms with E-state index in [1.807, 2.05) is 0 Å². The molecule has 1 aliphatic heterocycles. The number of aromatic nitrogens is 1. The molecule has 1 atom stereocenters. The van der Waals surface area contributed by atoms with Gasteiger partial charge < -0.3 is 30.9 Å². The first-order chi connectivity index (χ1) is 20.6. The van der Waals surface area contributed by atoms with E-state index in [0.717, 1.165) is 18.9 Å². The smallest absolute Gasteiger partial charge is 0.424 e. The Morgan fingerprint density at radius 1 is 1.20 bits per heavy atom. The highest BCUT2D eigenvalue weighted by Crippen LogP contribution is 2.40. The molecule has 4 rings (SSSR count). The number of carbonyl (C=O) groups excluding carboxylic acids is 1. The second kappa shape index (κ2) is 12.8. The van der Waals surface area contributed by atoms with Crippen LogP contribution < -0.4 is 25.8 Å². The molecule has 1 saturated carbocycles. The summed E-state index contributed by atoms with van der Waals surface area (Å²) in [5.74, 6) is -0.827. The van der Waals surface area contributed by atoms with Crippen LogP contribution in [0.1, 0.15) is 66.8 Å². The van der Waals surface area contributed by atoms with Gasteiger partial charge in [-0.2, -0.15) is 13.2 Å². The van der Waals surface area contributed by atoms with Crippen molar-refractivity contribution in [3.8, 4) is 11.5 Å². The number of rotatable bonds is 9. The molecular formula is C32H36F4N4O4. The van der Waals surface area contributed by atoms with Crippen LogP contribution in [0.2, 0.25) is 0 Å². The van der Waals surface area contributed by atoms with Crippen LogP contribution in [-0.2, 0) is 11.1 Å². The van der Waals surface area contributed by atoms with Crippen LogP contribution in [0.3, 0.4) is 0 Å². The lowest BCUT2D eigenvalue weighted by molar-refractivity contribution is -0.265. The Morgan fingerprint density at radius 2 is 1.93 bits per heavy atom. The minimum Gasteiger partial charge on any atom is -0.493 e. The van der Waals surface area contributed by atoms with E-state index >= 15 is 0 Å². The minimum atomic E-state index is -5.25. The van der Waals surface area contributed by atoms with E-state index in [2.05, 4.69) is 22.2 Å². The molecule has 1 aliphatic carbocycles. The monoisotopic (exact) mass is 616 g/mol. The van der Waals surface area contributed by atoms with Gasteiger partial charge in [0.05, 0.1) is 36.8 Å². The molecule has 1 aromatic heterocycles. The number of hydrogen-bond donors (Lipinski definition) is 4. The van der Waals surface area contributed by atoms with Crippen molar-refractivity contribution >= 4 is 11.5 Å². The van der Waals surface area contributed by atoms with Crippen molar-refractivity contribution in [3.63, 3.8) is 0 Å². The number of methoxy groups -OCH3 is 1. The van der Waals surface area contributed by atoms with Gasteiger partial charge >= 0.3 is 6.18 Å². The summed E-state index contributed by atoms with van der Waals surface area (Å²) in [5, 5.41) is 16.1. The number of hydrogen-bond acceptors (Lipinski definition) is 7. The number of allylic oxidation sites excluding steroid dienone is 5. The Labute approximate surface area is 253 Å². The molecule has 2 heterocycles. The van der Waals surface area contributed by atoms with Gasteiger partial charge in [0.15, 0.2) is 11.5 Å². The number of aliphatic hydroxyl groups is 1. The van der Waals surface area contributed by atoms with Gasteiger partial charge in [-0.05, 0) is 87.1 Å². The van der Waals surface area contributed by atoms with Crippen LogP contribution in [-0.4, -0.2) is 41.9 Å². The summed E-state index contributed by atoms with van der Waals surface area (Å²) >= 11 is 0. The first-order valence-electron chi connectivity index (χ1n) is 14.0. The van der Waals surface area contributed by atoms with Gasteiger partial charge in [0.1, 0.15) is 5.83 Å². The van der Waals surface area contributed by atoms with Crippen molar-refractivity contribution < 1.29 is 36.9 Å². The van der Waals surface area contributed by atoms with Crippen molar-refractivity contribution in [1.29, 1.82) is 0 Å². The molecule has 2 aliphatic rings. The molecule has 12 heteroatoms. The maximum absolute atomic E-state index is 14.7. The first kappa shape index (κ1) is 32.7. The van der Waals surface area contributed by atoms with Crippen LogP contribution in [0.25, 0.3) is 5.57 Å². The molecule has 2 aromatic rings. The summed E-state index contributed by atoms with van der Waals surface area (Å²) < 4.78 is 69.2. The molecule has 44 heavy (non-hydrogen) atoms. The number of nitrogens with two attached hydrogens (primary N) is 1. The average molecular weight is 617 g/mol. The lowest BCUT2D eigenvalue weighted by Crippen LogP contribution is -2.52. The molecule has 1 amide bonds. The Kier molecular flexibility index (Phi) is 9.55. The van der Waals surface area contributed by atoms with E-state index in [4.69, 9.17) is 15.2 Å². The number of benzene rings is 1. The molecule has 0 radical (unpaired) electrons. The van der Waals surface area contributed by atoms with E-state index in [9.17, 15) is 27.5 Å². The number of nitrogens with zero attached hydrogens (tertiary/aromatic N) is 1. The largest absolute Gasteiger partial charge is 0.493 e. The minimum absolute atomic E-state index is 0.00677. The molecule has 8 nitrogen and oxygen atoms in total. The first-order valence-corrected chi connectivity index (χ1v) is 14.0. The topological polar surface area (TPSA) is 119 Å². The Morgan fingerprint density at radius 3 is 2.57 bits per heavy atom. The van der Waals surface area contributed by atoms with Gasteiger partial charge in [0, 0.05) is 17.3 Å². The van der Waals surface area contributed by atoms with Crippen LogP contribution in [0.5, 0.6) is 11.5 Å². The second-order valence-electron chi connectivity index (χ2n) is 11.3.